The van der Waals surface area contributed by atoms with Gasteiger partial charge < -0.3 is 0 Å². The van der Waals surface area contributed by atoms with Gasteiger partial charge >= 0.3 is 0 Å². The molecule has 0 aliphatic carbocycles. The highest BCUT2D eigenvalue weighted by Gasteiger charge is 2.13. The minimum atomic E-state index is 0.208. The van der Waals surface area contributed by atoms with E-state index >= 15 is 0 Å². The first kappa shape index (κ1) is 9.97. The maximum Gasteiger partial charge on any atom is 0.0629 e. The minimum Gasteiger partial charge on any atom is -0.257 e. The van der Waals surface area contributed by atoms with Gasteiger partial charge in [0, 0.05) is 6.20 Å². The molecule has 1 aromatic heterocycles. The Labute approximate surface area is 80.5 Å². The van der Waals surface area contributed by atoms with Gasteiger partial charge in [-0.15, -0.1) is 0 Å². The molecule has 0 bridgehead atoms. The smallest absolute Gasteiger partial charge is 0.0629 e. The van der Waals surface area contributed by atoms with E-state index in [4.69, 9.17) is 0 Å². The monoisotopic (exact) mass is 175 g/mol. The summed E-state index contributed by atoms with van der Waals surface area (Å²) in [6.07, 6.45) is 5.90. The van der Waals surface area contributed by atoms with Crippen LogP contribution in [-0.2, 0) is 5.41 Å². The lowest BCUT2D eigenvalue weighted by Crippen LogP contribution is -2.11. The Bertz CT molecular complexity index is 305. The molecule has 0 fully saturated rings. The van der Waals surface area contributed by atoms with Crippen molar-refractivity contribution in [2.75, 3.05) is 0 Å². The summed E-state index contributed by atoms with van der Waals surface area (Å²) in [5.41, 5.74) is 2.57. The molecule has 70 valence electrons. The Kier molecular flexibility index (Phi) is 2.86. The molecule has 13 heavy (non-hydrogen) atoms. The van der Waals surface area contributed by atoms with E-state index < -0.39 is 0 Å². The van der Waals surface area contributed by atoms with E-state index in [9.17, 15) is 0 Å². The first-order chi connectivity index (χ1) is 6.04. The molecule has 0 unspecified atom stereocenters. The van der Waals surface area contributed by atoms with E-state index in [2.05, 4.69) is 37.9 Å². The van der Waals surface area contributed by atoms with Crippen LogP contribution >= 0.6 is 0 Å². The minimum absolute atomic E-state index is 0.208. The third kappa shape index (κ3) is 2.69. The molecule has 0 radical (unpaired) electrons. The van der Waals surface area contributed by atoms with Gasteiger partial charge in [-0.1, -0.05) is 26.8 Å². The highest BCUT2D eigenvalue weighted by atomic mass is 14.7. The number of allylic oxidation sites excluding steroid dienone is 1. The average Bonchev–Trinajstić information content (AvgIpc) is 2.04. The van der Waals surface area contributed by atoms with Crippen molar-refractivity contribution in [2.24, 2.45) is 0 Å². The zero-order valence-electron chi connectivity index (χ0n) is 8.83. The first-order valence-electron chi connectivity index (χ1n) is 4.63. The predicted octanol–water partition coefficient (Wildman–Crippen LogP) is 3.41. The Hall–Kier alpha value is -1.11. The van der Waals surface area contributed by atoms with Crippen molar-refractivity contribution in [1.29, 1.82) is 0 Å². The lowest BCUT2D eigenvalue weighted by atomic mass is 9.87. The summed E-state index contributed by atoms with van der Waals surface area (Å²) < 4.78 is 0. The number of rotatable bonds is 1. The number of hydrogen-bond donors (Lipinski definition) is 0. The van der Waals surface area contributed by atoms with Crippen LogP contribution in [0.3, 0.4) is 0 Å². The first-order valence-corrected chi connectivity index (χ1v) is 4.63. The van der Waals surface area contributed by atoms with Crippen LogP contribution in [0.5, 0.6) is 0 Å². The van der Waals surface area contributed by atoms with Gasteiger partial charge in [-0.2, -0.15) is 0 Å². The number of hydrogen-bond acceptors (Lipinski definition) is 1. The molecule has 0 amide bonds. The molecule has 1 heterocycles. The molecular weight excluding hydrogens is 158 g/mol. The molecule has 0 spiro atoms. The summed E-state index contributed by atoms with van der Waals surface area (Å²) in [5, 5.41) is 0. The zero-order valence-corrected chi connectivity index (χ0v) is 8.83. The van der Waals surface area contributed by atoms with E-state index in [1.54, 1.807) is 0 Å². The molecule has 0 aromatic carbocycles. The maximum atomic E-state index is 4.26. The van der Waals surface area contributed by atoms with Crippen molar-refractivity contribution < 1.29 is 0 Å². The van der Waals surface area contributed by atoms with Gasteiger partial charge in [0.05, 0.1) is 5.69 Å². The quantitative estimate of drug-likeness (QED) is 0.637. The van der Waals surface area contributed by atoms with Crippen LogP contribution < -0.4 is 0 Å². The van der Waals surface area contributed by atoms with E-state index in [1.165, 1.54) is 5.56 Å². The second-order valence-electron chi connectivity index (χ2n) is 4.22. The molecule has 1 aromatic rings. The van der Waals surface area contributed by atoms with E-state index in [0.29, 0.717) is 0 Å². The Morgan fingerprint density at radius 1 is 1.31 bits per heavy atom. The second-order valence-corrected chi connectivity index (χ2v) is 4.22. The van der Waals surface area contributed by atoms with Crippen molar-refractivity contribution in [2.45, 2.75) is 33.1 Å². The van der Waals surface area contributed by atoms with Crippen molar-refractivity contribution in [1.82, 2.24) is 4.98 Å². The van der Waals surface area contributed by atoms with Gasteiger partial charge in [-0.25, -0.2) is 0 Å². The summed E-state index contributed by atoms with van der Waals surface area (Å²) in [6, 6.07) is 4.22. The summed E-state index contributed by atoms with van der Waals surface area (Å²) in [5.74, 6) is 0. The number of aromatic nitrogens is 1. The summed E-state index contributed by atoms with van der Waals surface area (Å²) in [4.78, 5) is 4.26. The Balaban J connectivity index is 3.05. The van der Waals surface area contributed by atoms with Crippen molar-refractivity contribution >= 4 is 6.08 Å². The van der Waals surface area contributed by atoms with Crippen LogP contribution in [-0.4, -0.2) is 4.98 Å². The van der Waals surface area contributed by atoms with Crippen molar-refractivity contribution in [3.8, 4) is 0 Å². The zero-order chi connectivity index (χ0) is 9.90. The molecule has 1 heteroatoms. The van der Waals surface area contributed by atoms with E-state index in [1.807, 2.05) is 25.3 Å². The standard InChI is InChI=1S/C12H17N/c1-5-6-11-9-10(7-8-13-11)12(2,3)4/h5-9H,1-4H3/b6-5-. The number of nitrogens with zero attached hydrogens (tertiary/aromatic N) is 1. The molecule has 0 saturated carbocycles. The van der Waals surface area contributed by atoms with Gasteiger partial charge in [0.1, 0.15) is 0 Å². The predicted molar refractivity (Wildman–Crippen MR) is 57.6 cm³/mol. The normalized spacial score (nSPS) is 12.3. The molecule has 0 saturated heterocycles. The maximum absolute atomic E-state index is 4.26. The van der Waals surface area contributed by atoms with Gasteiger partial charge in [-0.3, -0.25) is 4.98 Å². The van der Waals surface area contributed by atoms with Crippen LogP contribution in [0.1, 0.15) is 39.0 Å². The molecule has 0 atom stereocenters. The third-order valence-corrected chi connectivity index (χ3v) is 1.98. The second kappa shape index (κ2) is 3.73. The van der Waals surface area contributed by atoms with E-state index in [-0.39, 0.29) is 5.41 Å². The summed E-state index contributed by atoms with van der Waals surface area (Å²) >= 11 is 0. The van der Waals surface area contributed by atoms with Gasteiger partial charge in [0.2, 0.25) is 0 Å². The van der Waals surface area contributed by atoms with Gasteiger partial charge in [0.25, 0.3) is 0 Å². The fraction of sp³-hybridized carbons (Fsp3) is 0.417. The van der Waals surface area contributed by atoms with Gasteiger partial charge in [-0.05, 0) is 36.1 Å². The molecular formula is C12H17N. The molecule has 0 N–H and O–H groups in total. The summed E-state index contributed by atoms with van der Waals surface area (Å²) in [7, 11) is 0. The van der Waals surface area contributed by atoms with Crippen LogP contribution in [0, 0.1) is 0 Å². The van der Waals surface area contributed by atoms with Crippen molar-refractivity contribution in [3.05, 3.63) is 35.7 Å². The van der Waals surface area contributed by atoms with Gasteiger partial charge in [0.15, 0.2) is 0 Å². The number of pyridine rings is 1. The Morgan fingerprint density at radius 2 is 2.00 bits per heavy atom. The lowest BCUT2D eigenvalue weighted by molar-refractivity contribution is 0.589. The highest BCUT2D eigenvalue weighted by Crippen LogP contribution is 2.22. The Morgan fingerprint density at radius 3 is 2.54 bits per heavy atom. The summed E-state index contributed by atoms with van der Waals surface area (Å²) in [6.45, 7) is 8.64. The van der Waals surface area contributed by atoms with Crippen LogP contribution in [0.25, 0.3) is 6.08 Å². The van der Waals surface area contributed by atoms with E-state index in [0.717, 1.165) is 5.69 Å². The molecule has 1 rings (SSSR count). The van der Waals surface area contributed by atoms with Crippen LogP contribution in [0.2, 0.25) is 0 Å². The van der Waals surface area contributed by atoms with Crippen molar-refractivity contribution in [3.63, 3.8) is 0 Å². The average molecular weight is 175 g/mol. The van der Waals surface area contributed by atoms with Crippen LogP contribution in [0.4, 0.5) is 0 Å². The third-order valence-electron chi connectivity index (χ3n) is 1.98. The fourth-order valence-electron chi connectivity index (χ4n) is 1.18. The largest absolute Gasteiger partial charge is 0.257 e. The highest BCUT2D eigenvalue weighted by molar-refractivity contribution is 5.45. The lowest BCUT2D eigenvalue weighted by Gasteiger charge is -2.18. The topological polar surface area (TPSA) is 12.9 Å². The molecule has 0 aliphatic rings. The molecule has 0 aliphatic heterocycles. The fourth-order valence-corrected chi connectivity index (χ4v) is 1.18. The van der Waals surface area contributed by atoms with Crippen LogP contribution in [0.15, 0.2) is 24.4 Å². The SMILES string of the molecule is C/C=C\c1cc(C(C)(C)C)ccn1. The molecule has 1 nitrogen and oxygen atoms in total.